The van der Waals surface area contributed by atoms with Crippen molar-refractivity contribution in [3.63, 3.8) is 0 Å². The fraction of sp³-hybridized carbons (Fsp3) is 0.476. The number of fused-ring (bicyclic) bond motifs is 8. The molecule has 338 valence electrons. The molecular formula is C42H46FeN4O16. The molecule has 0 aromatic carbocycles. The first-order valence-corrected chi connectivity index (χ1v) is 19.7. The zero-order valence-corrected chi connectivity index (χ0v) is 35.2. The van der Waals surface area contributed by atoms with Gasteiger partial charge in [0.1, 0.15) is 0 Å². The van der Waals surface area contributed by atoms with Crippen LogP contribution >= 0.6 is 0 Å². The number of carboxylic acids is 8. The summed E-state index contributed by atoms with van der Waals surface area (Å²) < 4.78 is 0. The molecule has 63 heavy (non-hydrogen) atoms. The van der Waals surface area contributed by atoms with E-state index in [1.165, 1.54) is 24.3 Å². The molecule has 5 heterocycles. The van der Waals surface area contributed by atoms with Crippen LogP contribution in [0.15, 0.2) is 17.5 Å². The minimum absolute atomic E-state index is 0. The summed E-state index contributed by atoms with van der Waals surface area (Å²) >= 11 is 0. The second-order valence-electron chi connectivity index (χ2n) is 16.3. The zero-order chi connectivity index (χ0) is 45.8. The van der Waals surface area contributed by atoms with Crippen LogP contribution in [0.5, 0.6) is 0 Å². The summed E-state index contributed by atoms with van der Waals surface area (Å²) in [5.74, 6) is -12.0. The summed E-state index contributed by atoms with van der Waals surface area (Å²) in [5.41, 5.74) is -2.35. The Morgan fingerprint density at radius 1 is 0.571 bits per heavy atom. The Bertz CT molecular complexity index is 2400. The molecule has 0 radical (unpaired) electrons. The molecule has 3 aliphatic rings. The Morgan fingerprint density at radius 3 is 1.67 bits per heavy atom. The van der Waals surface area contributed by atoms with Crippen molar-refractivity contribution in [2.45, 2.75) is 103 Å². The topological polar surface area (TPSA) is 355 Å². The maximum atomic E-state index is 12.6. The van der Waals surface area contributed by atoms with Crippen molar-refractivity contribution in [3.8, 4) is 0 Å². The first-order chi connectivity index (χ1) is 29.0. The van der Waals surface area contributed by atoms with Crippen LogP contribution in [0.2, 0.25) is 0 Å². The smallest absolute Gasteiger partial charge is 0.664 e. The Balaban J connectivity index is 0.00000871. The van der Waals surface area contributed by atoms with Gasteiger partial charge in [-0.05, 0) is 53.9 Å². The van der Waals surface area contributed by atoms with Crippen molar-refractivity contribution < 1.29 is 96.3 Å². The van der Waals surface area contributed by atoms with Crippen molar-refractivity contribution in [2.24, 2.45) is 22.7 Å². The molecule has 0 aliphatic carbocycles. The van der Waals surface area contributed by atoms with Gasteiger partial charge in [-0.1, -0.05) is 42.7 Å². The van der Waals surface area contributed by atoms with Gasteiger partial charge in [-0.25, -0.2) is 0 Å². The van der Waals surface area contributed by atoms with Crippen molar-refractivity contribution in [1.82, 2.24) is 9.97 Å². The van der Waals surface area contributed by atoms with Crippen molar-refractivity contribution in [2.75, 3.05) is 0 Å². The molecule has 8 bridgehead atoms. The average Bonchev–Trinajstić information content (AvgIpc) is 3.77. The zero-order valence-electron chi connectivity index (χ0n) is 34.1. The molecule has 2 aromatic rings. The van der Waals surface area contributed by atoms with E-state index in [9.17, 15) is 79.2 Å². The van der Waals surface area contributed by atoms with Gasteiger partial charge in [-0.3, -0.25) is 38.4 Å². The van der Waals surface area contributed by atoms with Crippen molar-refractivity contribution in [1.29, 1.82) is 0 Å². The van der Waals surface area contributed by atoms with Crippen LogP contribution in [0, 0.1) is 22.7 Å². The van der Waals surface area contributed by atoms with Gasteiger partial charge in [0.15, 0.2) is 0 Å². The number of allylic oxidation sites excluding steroid dienone is 2. The summed E-state index contributed by atoms with van der Waals surface area (Å²) in [6.07, 6.45) is 0.441. The number of hydrogen-bond donors (Lipinski definition) is 8. The third kappa shape index (κ3) is 11.3. The average molecular weight is 919 g/mol. The van der Waals surface area contributed by atoms with Gasteiger partial charge >= 0.3 is 64.8 Å². The molecular weight excluding hydrogens is 872 g/mol. The molecule has 20 nitrogen and oxygen atoms in total. The Labute approximate surface area is 369 Å². The fourth-order valence-corrected chi connectivity index (χ4v) is 9.21. The second kappa shape index (κ2) is 19.9. The van der Waals surface area contributed by atoms with E-state index in [-0.39, 0.29) is 98.5 Å². The standard InChI is InChI=1S/C42H46N4O16.Fe/c1-41(17-39(59)60)23(5-9-35(51)52)29-14-27-21(11-37(55)56)19(3-7-33(47)48)25(43-27)13-26-20(4-8-34(49)50)22(12-38(57)58)28(44-26)15-31-42(2,18-40(61)62)24(6-10-36(53)54)30(46-31)16-32(41)45-29;/h13-16,23-24,29,32H,3-12,17-18H2,1-2H3,(H,47,48)(H,49,50)(H,51,52)(H,53,54)(H,55,56)(H,57,58)(H,59,60)(H,61,62);/q-4;+4/b25-13-,27-14-,30-16-,31-15-;/t23-,24-,29?,32?,41+,42+;/m1./s1. The minimum Gasteiger partial charge on any atom is -0.664 e. The maximum absolute atomic E-state index is 12.6. The Hall–Kier alpha value is -6.18. The van der Waals surface area contributed by atoms with Crippen LogP contribution in [0.4, 0.5) is 0 Å². The molecule has 0 spiro atoms. The van der Waals surface area contributed by atoms with Gasteiger partial charge in [-0.2, -0.15) is 11.4 Å². The van der Waals surface area contributed by atoms with E-state index in [0.717, 1.165) is 0 Å². The summed E-state index contributed by atoms with van der Waals surface area (Å²) in [6.45, 7) is 3.13. The van der Waals surface area contributed by atoms with Crippen LogP contribution < -0.4 is 20.7 Å². The van der Waals surface area contributed by atoms with E-state index in [1.807, 2.05) is 0 Å². The minimum atomic E-state index is -1.50. The van der Waals surface area contributed by atoms with Gasteiger partial charge in [0.05, 0.1) is 19.3 Å². The molecule has 0 saturated carbocycles. The number of rotatable bonds is 20. The van der Waals surface area contributed by atoms with Crippen LogP contribution in [0.25, 0.3) is 28.9 Å². The fourth-order valence-electron chi connectivity index (χ4n) is 9.21. The van der Waals surface area contributed by atoms with Crippen molar-refractivity contribution >= 4 is 66.0 Å². The quantitative estimate of drug-likeness (QED) is 0.0882. The van der Waals surface area contributed by atoms with Crippen molar-refractivity contribution in [3.05, 3.63) is 72.4 Å². The van der Waals surface area contributed by atoms with Crippen LogP contribution in [-0.2, 0) is 81.1 Å². The van der Waals surface area contributed by atoms with Gasteiger partial charge in [0, 0.05) is 32.1 Å². The van der Waals surface area contributed by atoms with E-state index in [4.69, 9.17) is 20.6 Å². The largest absolute Gasteiger partial charge is 4.00 e. The number of aromatic nitrogens is 2. The molecule has 2 fully saturated rings. The van der Waals surface area contributed by atoms with Gasteiger partial charge < -0.3 is 61.5 Å². The summed E-state index contributed by atoms with van der Waals surface area (Å²) in [5, 5.41) is 89.5. The molecule has 6 atom stereocenters. The van der Waals surface area contributed by atoms with E-state index >= 15 is 0 Å². The van der Waals surface area contributed by atoms with E-state index in [0.29, 0.717) is 0 Å². The number of carboxylic acid groups (broad SMARTS) is 8. The predicted molar refractivity (Wildman–Crippen MR) is 213 cm³/mol. The van der Waals surface area contributed by atoms with Crippen LogP contribution in [0.1, 0.15) is 98.9 Å². The molecule has 21 heteroatoms. The molecule has 2 saturated heterocycles. The third-order valence-corrected chi connectivity index (χ3v) is 12.1. The molecule has 0 amide bonds. The first kappa shape index (κ1) is 49.5. The van der Waals surface area contributed by atoms with E-state index in [1.54, 1.807) is 13.8 Å². The van der Waals surface area contributed by atoms with E-state index < -0.39 is 134 Å². The number of carbonyl (C=O) groups is 8. The summed E-state index contributed by atoms with van der Waals surface area (Å²) in [6, 6.07) is -2.15. The van der Waals surface area contributed by atoms with Crippen LogP contribution in [0.3, 0.4) is 0 Å². The maximum Gasteiger partial charge on any atom is 4.00 e. The summed E-state index contributed by atoms with van der Waals surface area (Å²) in [7, 11) is 0. The predicted octanol–water partition coefficient (Wildman–Crippen LogP) is 2.17. The third-order valence-electron chi connectivity index (χ3n) is 12.1. The molecule has 8 N–H and O–H groups in total. The second-order valence-corrected chi connectivity index (χ2v) is 16.3. The number of aliphatic carboxylic acids is 8. The SMILES string of the molecule is C[C@@]1(CC(=O)O)/C2=C/c3[n-]c(c(CCC(=O)O)c3CC(=O)O)/C=c3\[n-]/c(c(CC(=O)O)c3CCC(=O)O)=C\C3[N-]C(/C=C(\[N-]2)[C@H]1CCC(=O)O)[C@@](C)(CC(=O)O)[C@@H]3CCC(=O)O.[Fe+4]. The Kier molecular flexibility index (Phi) is 15.6. The monoisotopic (exact) mass is 918 g/mol. The molecule has 5 rings (SSSR count). The van der Waals surface area contributed by atoms with Gasteiger partial charge in [0.2, 0.25) is 0 Å². The van der Waals surface area contributed by atoms with Gasteiger partial charge in [-0.15, -0.1) is 46.3 Å². The number of hydrogen-bond acceptors (Lipinski definition) is 8. The Morgan fingerprint density at radius 2 is 1.11 bits per heavy atom. The van der Waals surface area contributed by atoms with Crippen LogP contribution in [-0.4, -0.2) is 101 Å². The molecule has 2 aromatic heterocycles. The van der Waals surface area contributed by atoms with Gasteiger partial charge in [0.25, 0.3) is 0 Å². The first-order valence-electron chi connectivity index (χ1n) is 19.7. The molecule has 2 unspecified atom stereocenters. The summed E-state index contributed by atoms with van der Waals surface area (Å²) in [4.78, 5) is 107. The van der Waals surface area contributed by atoms with E-state index in [2.05, 4.69) is 0 Å². The molecule has 3 aliphatic heterocycles. The number of nitrogens with zero attached hydrogens (tertiary/aromatic N) is 4. The normalized spacial score (nSPS) is 26.2.